The van der Waals surface area contributed by atoms with Crippen LogP contribution in [0.3, 0.4) is 0 Å². The third-order valence-electron chi connectivity index (χ3n) is 3.96. The highest BCUT2D eigenvalue weighted by atomic mass is 16.2. The van der Waals surface area contributed by atoms with E-state index in [1.165, 1.54) is 0 Å². The Labute approximate surface area is 117 Å². The average Bonchev–Trinajstić information content (AvgIpc) is 2.82. The summed E-state index contributed by atoms with van der Waals surface area (Å²) in [6.07, 6.45) is 3.13. The van der Waals surface area contributed by atoms with Gasteiger partial charge >= 0.3 is 0 Å². The number of likely N-dealkylation sites (tertiary alicyclic amines) is 1. The number of aromatic nitrogens is 1. The van der Waals surface area contributed by atoms with Crippen molar-refractivity contribution < 1.29 is 9.59 Å². The summed E-state index contributed by atoms with van der Waals surface area (Å²) in [5.74, 6) is -0.751. The fourth-order valence-electron chi connectivity index (χ4n) is 2.92. The lowest BCUT2D eigenvalue weighted by Crippen LogP contribution is -2.40. The molecule has 0 atom stereocenters. The summed E-state index contributed by atoms with van der Waals surface area (Å²) in [5.41, 5.74) is 2.19. The van der Waals surface area contributed by atoms with Crippen LogP contribution in [0.15, 0.2) is 24.3 Å². The van der Waals surface area contributed by atoms with E-state index >= 15 is 0 Å². The van der Waals surface area contributed by atoms with Gasteiger partial charge in [-0.2, -0.15) is 0 Å². The zero-order valence-corrected chi connectivity index (χ0v) is 11.6. The Bertz CT molecular complexity index is 666. The van der Waals surface area contributed by atoms with Crippen molar-refractivity contribution >= 4 is 22.6 Å². The van der Waals surface area contributed by atoms with E-state index in [4.69, 9.17) is 0 Å². The predicted molar refractivity (Wildman–Crippen MR) is 77.8 cm³/mol. The highest BCUT2D eigenvalue weighted by Crippen LogP contribution is 2.23. The van der Waals surface area contributed by atoms with E-state index in [2.05, 4.69) is 4.98 Å². The molecule has 20 heavy (non-hydrogen) atoms. The first-order valence-corrected chi connectivity index (χ1v) is 7.09. The van der Waals surface area contributed by atoms with E-state index in [1.54, 1.807) is 4.90 Å². The summed E-state index contributed by atoms with van der Waals surface area (Å²) in [4.78, 5) is 29.7. The van der Waals surface area contributed by atoms with Crippen LogP contribution in [0.25, 0.3) is 10.9 Å². The summed E-state index contributed by atoms with van der Waals surface area (Å²) >= 11 is 0. The molecule has 0 spiro atoms. The van der Waals surface area contributed by atoms with Crippen LogP contribution in [0.5, 0.6) is 0 Å². The molecule has 104 valence electrons. The van der Waals surface area contributed by atoms with Crippen molar-refractivity contribution in [1.29, 1.82) is 0 Å². The minimum absolute atomic E-state index is 0.363. The van der Waals surface area contributed by atoms with Gasteiger partial charge < -0.3 is 9.88 Å². The molecule has 0 saturated carbocycles. The lowest BCUT2D eigenvalue weighted by atomic mass is 10.0. The second-order valence-electron chi connectivity index (χ2n) is 5.35. The van der Waals surface area contributed by atoms with Crippen LogP contribution in [0.2, 0.25) is 0 Å². The Hall–Kier alpha value is -2.10. The van der Waals surface area contributed by atoms with E-state index < -0.39 is 0 Å². The highest BCUT2D eigenvalue weighted by Gasteiger charge is 2.27. The van der Waals surface area contributed by atoms with E-state index in [0.717, 1.165) is 35.9 Å². The number of aromatic amines is 1. The molecule has 1 aromatic heterocycles. The van der Waals surface area contributed by atoms with Gasteiger partial charge in [-0.15, -0.1) is 0 Å². The number of fused-ring (bicyclic) bond motifs is 1. The van der Waals surface area contributed by atoms with Crippen molar-refractivity contribution in [3.63, 3.8) is 0 Å². The summed E-state index contributed by atoms with van der Waals surface area (Å²) in [5, 5.41) is 0.834. The van der Waals surface area contributed by atoms with Crippen LogP contribution in [0.4, 0.5) is 0 Å². The van der Waals surface area contributed by atoms with Crippen molar-refractivity contribution in [1.82, 2.24) is 9.88 Å². The lowest BCUT2D eigenvalue weighted by molar-refractivity contribution is -0.127. The zero-order chi connectivity index (χ0) is 14.1. The van der Waals surface area contributed by atoms with Gasteiger partial charge in [0.25, 0.3) is 11.7 Å². The van der Waals surface area contributed by atoms with E-state index in [1.807, 2.05) is 31.2 Å². The fourth-order valence-corrected chi connectivity index (χ4v) is 2.92. The number of Topliss-reactive ketones (excluding diaryl/α,β-unsaturated/α-hetero) is 1. The van der Waals surface area contributed by atoms with Crippen molar-refractivity contribution in [2.45, 2.75) is 26.2 Å². The number of rotatable bonds is 2. The van der Waals surface area contributed by atoms with Crippen molar-refractivity contribution in [2.24, 2.45) is 0 Å². The predicted octanol–water partition coefficient (Wildman–Crippen LogP) is 2.67. The molecule has 0 aliphatic carbocycles. The van der Waals surface area contributed by atoms with Crippen molar-refractivity contribution in [2.75, 3.05) is 13.1 Å². The molecule has 1 aliphatic rings. The molecule has 0 unspecified atom stereocenters. The highest BCUT2D eigenvalue weighted by molar-refractivity contribution is 6.45. The van der Waals surface area contributed by atoms with Crippen LogP contribution in [-0.2, 0) is 4.79 Å². The molecule has 1 aromatic carbocycles. The number of ketones is 1. The normalized spacial score (nSPS) is 15.6. The van der Waals surface area contributed by atoms with Crippen molar-refractivity contribution in [3.05, 3.63) is 35.5 Å². The second kappa shape index (κ2) is 5.12. The van der Waals surface area contributed by atoms with Gasteiger partial charge in [-0.25, -0.2) is 0 Å². The number of aryl methyl sites for hydroxylation is 1. The van der Waals surface area contributed by atoms with Gasteiger partial charge in [-0.3, -0.25) is 9.59 Å². The van der Waals surface area contributed by atoms with E-state index in [9.17, 15) is 9.59 Å². The molecule has 1 N–H and O–H groups in total. The molecule has 4 nitrogen and oxygen atoms in total. The number of amides is 1. The Kier molecular flexibility index (Phi) is 3.30. The van der Waals surface area contributed by atoms with Gasteiger partial charge in [-0.1, -0.05) is 18.2 Å². The third-order valence-corrected chi connectivity index (χ3v) is 3.96. The molecule has 3 rings (SSSR count). The van der Waals surface area contributed by atoms with Gasteiger partial charge in [0, 0.05) is 29.7 Å². The number of carbonyl (C=O) groups excluding carboxylic acids is 2. The maximum Gasteiger partial charge on any atom is 0.295 e. The summed E-state index contributed by atoms with van der Waals surface area (Å²) in [6.45, 7) is 3.24. The lowest BCUT2D eigenvalue weighted by Gasteiger charge is -2.25. The summed E-state index contributed by atoms with van der Waals surface area (Å²) < 4.78 is 0. The number of H-pyrrole nitrogens is 1. The molecule has 1 aliphatic heterocycles. The fraction of sp³-hybridized carbons (Fsp3) is 0.375. The molecule has 1 saturated heterocycles. The third kappa shape index (κ3) is 2.11. The van der Waals surface area contributed by atoms with Crippen LogP contribution >= 0.6 is 0 Å². The molecule has 0 bridgehead atoms. The first-order chi connectivity index (χ1) is 9.68. The monoisotopic (exact) mass is 270 g/mol. The molecule has 1 fully saturated rings. The van der Waals surface area contributed by atoms with Gasteiger partial charge in [0.15, 0.2) is 0 Å². The first-order valence-electron chi connectivity index (χ1n) is 7.09. The van der Waals surface area contributed by atoms with Gasteiger partial charge in [0.05, 0.1) is 5.56 Å². The van der Waals surface area contributed by atoms with Crippen LogP contribution < -0.4 is 0 Å². The summed E-state index contributed by atoms with van der Waals surface area (Å²) in [6, 6.07) is 7.61. The number of hydrogen-bond donors (Lipinski definition) is 1. The number of nitrogens with one attached hydrogen (secondary N) is 1. The second-order valence-corrected chi connectivity index (χ2v) is 5.35. The number of para-hydroxylation sites is 1. The number of nitrogens with zero attached hydrogens (tertiary/aromatic N) is 1. The zero-order valence-electron chi connectivity index (χ0n) is 11.6. The Balaban J connectivity index is 1.95. The Morgan fingerprint density at radius 1 is 1.10 bits per heavy atom. The topological polar surface area (TPSA) is 53.2 Å². The SMILES string of the molecule is Cc1[nH]c2ccccc2c1C(=O)C(=O)N1CCCCC1. The minimum atomic E-state index is -0.387. The van der Waals surface area contributed by atoms with E-state index in [-0.39, 0.29) is 11.7 Å². The molecule has 1 amide bonds. The van der Waals surface area contributed by atoms with Crippen LogP contribution in [0, 0.1) is 6.92 Å². The maximum atomic E-state index is 12.5. The average molecular weight is 270 g/mol. The largest absolute Gasteiger partial charge is 0.358 e. The number of piperidine rings is 1. The standard InChI is InChI=1S/C16H18N2O2/c1-11-14(12-7-3-4-8-13(12)17-11)15(19)16(20)18-9-5-2-6-10-18/h3-4,7-8,17H,2,5-6,9-10H2,1H3. The minimum Gasteiger partial charge on any atom is -0.358 e. The Morgan fingerprint density at radius 3 is 2.55 bits per heavy atom. The van der Waals surface area contributed by atoms with Crippen LogP contribution in [-0.4, -0.2) is 34.7 Å². The van der Waals surface area contributed by atoms with Crippen molar-refractivity contribution in [3.8, 4) is 0 Å². The molecule has 0 radical (unpaired) electrons. The van der Waals surface area contributed by atoms with Gasteiger partial charge in [0.2, 0.25) is 0 Å². The number of carbonyl (C=O) groups is 2. The van der Waals surface area contributed by atoms with Gasteiger partial charge in [-0.05, 0) is 32.3 Å². The summed E-state index contributed by atoms with van der Waals surface area (Å²) in [7, 11) is 0. The first kappa shape index (κ1) is 12.9. The smallest absolute Gasteiger partial charge is 0.295 e. The maximum absolute atomic E-state index is 12.5. The molecule has 4 heteroatoms. The van der Waals surface area contributed by atoms with Gasteiger partial charge in [0.1, 0.15) is 0 Å². The molecular formula is C16H18N2O2. The molecule has 2 heterocycles. The van der Waals surface area contributed by atoms with Crippen LogP contribution in [0.1, 0.15) is 35.3 Å². The quantitative estimate of drug-likeness (QED) is 0.673. The number of benzene rings is 1. The number of hydrogen-bond acceptors (Lipinski definition) is 2. The molecule has 2 aromatic rings. The van der Waals surface area contributed by atoms with E-state index in [0.29, 0.717) is 18.7 Å². The molecular weight excluding hydrogens is 252 g/mol. The Morgan fingerprint density at radius 2 is 1.80 bits per heavy atom.